The molecule has 1 aromatic carbocycles. The molecule has 1 aliphatic heterocycles. The van der Waals surface area contributed by atoms with E-state index in [4.69, 9.17) is 4.52 Å². The Morgan fingerprint density at radius 2 is 2.09 bits per heavy atom. The summed E-state index contributed by atoms with van der Waals surface area (Å²) in [5.74, 6) is 2.80. The summed E-state index contributed by atoms with van der Waals surface area (Å²) in [6.45, 7) is 2.78. The van der Waals surface area contributed by atoms with E-state index in [1.165, 1.54) is 11.3 Å². The number of hydrogen-bond acceptors (Lipinski definition) is 6. The predicted molar refractivity (Wildman–Crippen MR) is 88.3 cm³/mol. The maximum Gasteiger partial charge on any atom is 0.231 e. The SMILES string of the molecule is Cc1cc(Nc2ccnc(N3CCCc4ccccc43)n2)no1. The van der Waals surface area contributed by atoms with Gasteiger partial charge in [-0.2, -0.15) is 4.98 Å². The third kappa shape index (κ3) is 2.75. The van der Waals surface area contributed by atoms with Gasteiger partial charge in [0.1, 0.15) is 11.6 Å². The molecular formula is C17H17N5O. The van der Waals surface area contributed by atoms with Crippen LogP contribution >= 0.6 is 0 Å². The Bertz CT molecular complexity index is 829. The van der Waals surface area contributed by atoms with E-state index in [0.29, 0.717) is 17.6 Å². The molecule has 2 aromatic heterocycles. The Balaban J connectivity index is 1.64. The van der Waals surface area contributed by atoms with Crippen molar-refractivity contribution in [2.24, 2.45) is 0 Å². The van der Waals surface area contributed by atoms with Gasteiger partial charge in [0.2, 0.25) is 5.95 Å². The Labute approximate surface area is 134 Å². The molecule has 0 radical (unpaired) electrons. The fourth-order valence-electron chi connectivity index (χ4n) is 2.85. The van der Waals surface area contributed by atoms with Crippen molar-refractivity contribution in [2.75, 3.05) is 16.8 Å². The molecule has 0 unspecified atom stereocenters. The molecule has 0 saturated heterocycles. The van der Waals surface area contributed by atoms with Crippen LogP contribution in [0.4, 0.5) is 23.3 Å². The van der Waals surface area contributed by atoms with Crippen LogP contribution in [0.5, 0.6) is 0 Å². The standard InChI is InChI=1S/C17H17N5O/c1-12-11-16(21-23-12)19-15-8-9-18-17(20-15)22-10-4-6-13-5-2-3-7-14(13)22/h2-3,5,7-9,11H,4,6,10H2,1H3,(H,18,19,20,21). The van der Waals surface area contributed by atoms with Crippen molar-refractivity contribution in [2.45, 2.75) is 19.8 Å². The van der Waals surface area contributed by atoms with Crippen molar-refractivity contribution in [1.82, 2.24) is 15.1 Å². The van der Waals surface area contributed by atoms with E-state index in [0.717, 1.165) is 25.1 Å². The topological polar surface area (TPSA) is 67.1 Å². The number of para-hydroxylation sites is 1. The number of hydrogen-bond donors (Lipinski definition) is 1. The van der Waals surface area contributed by atoms with Gasteiger partial charge in [-0.15, -0.1) is 0 Å². The summed E-state index contributed by atoms with van der Waals surface area (Å²) in [5, 5.41) is 7.07. The van der Waals surface area contributed by atoms with Gasteiger partial charge in [-0.1, -0.05) is 23.4 Å². The molecule has 0 atom stereocenters. The molecule has 0 saturated carbocycles. The van der Waals surface area contributed by atoms with E-state index in [1.54, 1.807) is 6.20 Å². The fraction of sp³-hybridized carbons (Fsp3) is 0.235. The molecule has 0 bridgehead atoms. The van der Waals surface area contributed by atoms with Gasteiger partial charge >= 0.3 is 0 Å². The van der Waals surface area contributed by atoms with E-state index >= 15 is 0 Å². The van der Waals surface area contributed by atoms with Gasteiger partial charge in [0.15, 0.2) is 5.82 Å². The van der Waals surface area contributed by atoms with Gasteiger partial charge < -0.3 is 14.7 Å². The molecule has 0 aliphatic carbocycles. The van der Waals surface area contributed by atoms with Gasteiger partial charge in [0, 0.05) is 24.5 Å². The molecule has 1 aliphatic rings. The average molecular weight is 307 g/mol. The van der Waals surface area contributed by atoms with Gasteiger partial charge in [-0.25, -0.2) is 4.98 Å². The lowest BCUT2D eigenvalue weighted by Crippen LogP contribution is -2.26. The van der Waals surface area contributed by atoms with Crippen LogP contribution < -0.4 is 10.2 Å². The molecule has 6 heteroatoms. The highest BCUT2D eigenvalue weighted by atomic mass is 16.5. The van der Waals surface area contributed by atoms with Crippen LogP contribution in [0.25, 0.3) is 0 Å². The van der Waals surface area contributed by atoms with Crippen LogP contribution in [0.15, 0.2) is 47.1 Å². The summed E-state index contributed by atoms with van der Waals surface area (Å²) in [6.07, 6.45) is 3.96. The number of aryl methyl sites for hydroxylation is 2. The number of anilines is 4. The van der Waals surface area contributed by atoms with Crippen molar-refractivity contribution in [3.63, 3.8) is 0 Å². The van der Waals surface area contributed by atoms with Crippen molar-refractivity contribution in [3.05, 3.63) is 53.9 Å². The number of aromatic nitrogens is 3. The number of nitrogens with zero attached hydrogens (tertiary/aromatic N) is 4. The normalized spacial score (nSPS) is 13.7. The first-order valence-electron chi connectivity index (χ1n) is 7.68. The molecule has 3 heterocycles. The zero-order valence-electron chi connectivity index (χ0n) is 12.9. The van der Waals surface area contributed by atoms with Crippen LogP contribution in [0, 0.1) is 6.92 Å². The van der Waals surface area contributed by atoms with Crippen molar-refractivity contribution < 1.29 is 4.52 Å². The van der Waals surface area contributed by atoms with E-state index in [-0.39, 0.29) is 0 Å². The van der Waals surface area contributed by atoms with Crippen LogP contribution in [0.2, 0.25) is 0 Å². The highest BCUT2D eigenvalue weighted by Gasteiger charge is 2.20. The second-order valence-electron chi connectivity index (χ2n) is 5.57. The molecule has 0 fully saturated rings. The molecule has 4 rings (SSSR count). The zero-order valence-corrected chi connectivity index (χ0v) is 12.9. The first-order chi connectivity index (χ1) is 11.3. The Hall–Kier alpha value is -2.89. The van der Waals surface area contributed by atoms with Crippen LogP contribution in [-0.2, 0) is 6.42 Å². The van der Waals surface area contributed by atoms with Crippen molar-refractivity contribution in [3.8, 4) is 0 Å². The first kappa shape index (κ1) is 13.8. The smallest absolute Gasteiger partial charge is 0.231 e. The number of benzene rings is 1. The summed E-state index contributed by atoms with van der Waals surface area (Å²) in [4.78, 5) is 11.2. The fourth-order valence-corrected chi connectivity index (χ4v) is 2.85. The lowest BCUT2D eigenvalue weighted by atomic mass is 10.0. The average Bonchev–Trinajstić information content (AvgIpc) is 2.99. The minimum absolute atomic E-state index is 0.645. The summed E-state index contributed by atoms with van der Waals surface area (Å²) < 4.78 is 5.06. The van der Waals surface area contributed by atoms with Gasteiger partial charge in [-0.05, 0) is 37.5 Å². The maximum atomic E-state index is 5.06. The highest BCUT2D eigenvalue weighted by molar-refractivity contribution is 5.64. The Morgan fingerprint density at radius 3 is 2.96 bits per heavy atom. The molecule has 0 amide bonds. The molecule has 116 valence electrons. The summed E-state index contributed by atoms with van der Waals surface area (Å²) in [6, 6.07) is 12.1. The summed E-state index contributed by atoms with van der Waals surface area (Å²) in [7, 11) is 0. The van der Waals surface area contributed by atoms with Crippen LogP contribution in [0.3, 0.4) is 0 Å². The lowest BCUT2D eigenvalue weighted by molar-refractivity contribution is 0.400. The third-order valence-corrected chi connectivity index (χ3v) is 3.88. The van der Waals surface area contributed by atoms with Gasteiger partial charge in [0.05, 0.1) is 0 Å². The number of nitrogens with one attached hydrogen (secondary N) is 1. The highest BCUT2D eigenvalue weighted by Crippen LogP contribution is 2.31. The quantitative estimate of drug-likeness (QED) is 0.797. The van der Waals surface area contributed by atoms with Crippen molar-refractivity contribution >= 4 is 23.3 Å². The lowest BCUT2D eigenvalue weighted by Gasteiger charge is -2.29. The monoisotopic (exact) mass is 307 g/mol. The molecule has 3 aromatic rings. The van der Waals surface area contributed by atoms with E-state index in [2.05, 4.69) is 49.6 Å². The molecular weight excluding hydrogens is 290 g/mol. The van der Waals surface area contributed by atoms with Gasteiger partial charge in [0.25, 0.3) is 0 Å². The Kier molecular flexibility index (Phi) is 3.42. The van der Waals surface area contributed by atoms with E-state index in [9.17, 15) is 0 Å². The largest absolute Gasteiger partial charge is 0.360 e. The minimum atomic E-state index is 0.645. The molecule has 6 nitrogen and oxygen atoms in total. The van der Waals surface area contributed by atoms with Gasteiger partial charge in [-0.3, -0.25) is 0 Å². The second kappa shape index (κ2) is 5.72. The van der Waals surface area contributed by atoms with E-state index in [1.807, 2.05) is 19.1 Å². The second-order valence-corrected chi connectivity index (χ2v) is 5.57. The molecule has 1 N–H and O–H groups in total. The summed E-state index contributed by atoms with van der Waals surface area (Å²) >= 11 is 0. The maximum absolute atomic E-state index is 5.06. The first-order valence-corrected chi connectivity index (χ1v) is 7.68. The zero-order chi connectivity index (χ0) is 15.6. The number of rotatable bonds is 3. The van der Waals surface area contributed by atoms with E-state index < -0.39 is 0 Å². The molecule has 0 spiro atoms. The van der Waals surface area contributed by atoms with Crippen molar-refractivity contribution in [1.29, 1.82) is 0 Å². The summed E-state index contributed by atoms with van der Waals surface area (Å²) in [5.41, 5.74) is 2.53. The number of fused-ring (bicyclic) bond motifs is 1. The predicted octanol–water partition coefficient (Wildman–Crippen LogP) is 3.60. The third-order valence-electron chi connectivity index (χ3n) is 3.88. The minimum Gasteiger partial charge on any atom is -0.360 e. The molecule has 23 heavy (non-hydrogen) atoms. The Morgan fingerprint density at radius 1 is 1.17 bits per heavy atom. The van der Waals surface area contributed by atoms with Crippen LogP contribution in [-0.4, -0.2) is 21.7 Å². The van der Waals surface area contributed by atoms with Crippen LogP contribution in [0.1, 0.15) is 17.7 Å².